The zero-order chi connectivity index (χ0) is 22.7. The van der Waals surface area contributed by atoms with E-state index in [4.69, 9.17) is 4.98 Å². The third-order valence-corrected chi connectivity index (χ3v) is 6.12. The van der Waals surface area contributed by atoms with Gasteiger partial charge in [0.15, 0.2) is 0 Å². The van der Waals surface area contributed by atoms with Crippen molar-refractivity contribution in [2.24, 2.45) is 7.05 Å². The minimum atomic E-state index is -0.415. The van der Waals surface area contributed by atoms with Gasteiger partial charge in [0.05, 0.1) is 22.3 Å². The van der Waals surface area contributed by atoms with Crippen LogP contribution in [0.4, 0.5) is 5.69 Å². The number of amides is 1. The van der Waals surface area contributed by atoms with Crippen molar-refractivity contribution >= 4 is 23.4 Å². The number of carbonyl (C=O) groups is 1. The van der Waals surface area contributed by atoms with E-state index in [9.17, 15) is 4.79 Å². The van der Waals surface area contributed by atoms with Crippen LogP contribution in [0.5, 0.6) is 0 Å². The molecule has 0 unspecified atom stereocenters. The van der Waals surface area contributed by atoms with Crippen molar-refractivity contribution in [2.45, 2.75) is 31.2 Å². The normalized spacial score (nSPS) is 11.9. The van der Waals surface area contributed by atoms with E-state index in [0.29, 0.717) is 10.9 Å². The number of nitrogens with zero attached hydrogens (tertiary/aromatic N) is 5. The number of aromatic nitrogens is 5. The fourth-order valence-electron chi connectivity index (χ4n) is 3.34. The van der Waals surface area contributed by atoms with Gasteiger partial charge in [0.2, 0.25) is 11.1 Å². The summed E-state index contributed by atoms with van der Waals surface area (Å²) in [7, 11) is 1.86. The smallest absolute Gasteiger partial charge is 0.237 e. The number of aryl methyl sites for hydroxylation is 2. The summed E-state index contributed by atoms with van der Waals surface area (Å²) in [4.78, 5) is 17.6. The molecule has 32 heavy (non-hydrogen) atoms. The lowest BCUT2D eigenvalue weighted by molar-refractivity contribution is -0.115. The van der Waals surface area contributed by atoms with E-state index in [2.05, 4.69) is 20.6 Å². The second-order valence-corrected chi connectivity index (χ2v) is 8.75. The number of benzene rings is 2. The molecule has 2 aromatic heterocycles. The van der Waals surface area contributed by atoms with Crippen LogP contribution in [0.15, 0.2) is 65.8 Å². The van der Waals surface area contributed by atoms with Gasteiger partial charge in [-0.2, -0.15) is 5.10 Å². The van der Waals surface area contributed by atoms with Crippen LogP contribution in [0.3, 0.4) is 0 Å². The van der Waals surface area contributed by atoms with Crippen molar-refractivity contribution in [1.82, 2.24) is 25.0 Å². The maximum absolute atomic E-state index is 12.8. The molecule has 4 rings (SSSR count). The van der Waals surface area contributed by atoms with E-state index in [1.54, 1.807) is 4.68 Å². The molecule has 0 spiro atoms. The molecule has 1 atom stereocenters. The summed E-state index contributed by atoms with van der Waals surface area (Å²) >= 11 is 1.28. The Hall–Kier alpha value is -3.52. The maximum Gasteiger partial charge on any atom is 0.237 e. The van der Waals surface area contributed by atoms with Gasteiger partial charge < -0.3 is 5.32 Å². The molecule has 2 heterocycles. The number of nitrogens with one attached hydrogen (secondary N) is 1. The molecule has 0 fully saturated rings. The Bertz CT molecular complexity index is 1240. The molecule has 0 bridgehead atoms. The minimum absolute atomic E-state index is 0.133. The standard InChI is InChI=1S/C24H24N6OS/c1-15-20(16(2)30(4)29-15)25-23(31)17(3)32-24-26-21(18-11-7-5-8-12-18)22(27-28-24)19-13-9-6-10-14-19/h5-14,17H,1-4H3,(H,25,31)/t17-/m0/s1. The van der Waals surface area contributed by atoms with E-state index < -0.39 is 5.25 Å². The number of carbonyl (C=O) groups excluding carboxylic acids is 1. The molecule has 8 heteroatoms. The molecule has 1 N–H and O–H groups in total. The molecule has 0 saturated carbocycles. The lowest BCUT2D eigenvalue weighted by Crippen LogP contribution is -2.23. The van der Waals surface area contributed by atoms with Gasteiger partial charge in [-0.3, -0.25) is 9.48 Å². The van der Waals surface area contributed by atoms with E-state index >= 15 is 0 Å². The maximum atomic E-state index is 12.8. The first-order chi connectivity index (χ1) is 15.4. The number of thioether (sulfide) groups is 1. The van der Waals surface area contributed by atoms with Crippen LogP contribution >= 0.6 is 11.8 Å². The topological polar surface area (TPSA) is 85.6 Å². The Balaban J connectivity index is 1.61. The average Bonchev–Trinajstić information content (AvgIpc) is 3.06. The van der Waals surface area contributed by atoms with Crippen LogP contribution in [0.2, 0.25) is 0 Å². The van der Waals surface area contributed by atoms with Crippen molar-refractivity contribution < 1.29 is 4.79 Å². The quantitative estimate of drug-likeness (QED) is 0.435. The highest BCUT2D eigenvalue weighted by Crippen LogP contribution is 2.31. The fourth-order valence-corrected chi connectivity index (χ4v) is 4.05. The number of anilines is 1. The van der Waals surface area contributed by atoms with Gasteiger partial charge in [0.1, 0.15) is 11.4 Å². The Labute approximate surface area is 191 Å². The van der Waals surface area contributed by atoms with Gasteiger partial charge >= 0.3 is 0 Å². The van der Waals surface area contributed by atoms with Gasteiger partial charge in [-0.05, 0) is 20.8 Å². The Kier molecular flexibility index (Phi) is 6.32. The van der Waals surface area contributed by atoms with Gasteiger partial charge in [-0.25, -0.2) is 4.98 Å². The van der Waals surface area contributed by atoms with Crippen molar-refractivity contribution in [3.8, 4) is 22.5 Å². The van der Waals surface area contributed by atoms with Crippen molar-refractivity contribution in [3.05, 3.63) is 72.1 Å². The summed E-state index contributed by atoms with van der Waals surface area (Å²) in [5, 5.41) is 16.2. The highest BCUT2D eigenvalue weighted by molar-refractivity contribution is 8.00. The second kappa shape index (κ2) is 9.32. The molecular formula is C24H24N6OS. The van der Waals surface area contributed by atoms with Crippen molar-refractivity contribution in [3.63, 3.8) is 0 Å². The first-order valence-corrected chi connectivity index (χ1v) is 11.1. The Morgan fingerprint density at radius 2 is 1.53 bits per heavy atom. The molecule has 1 amide bonds. The molecule has 0 aliphatic carbocycles. The predicted octanol–water partition coefficient (Wildman–Crippen LogP) is 4.68. The highest BCUT2D eigenvalue weighted by atomic mass is 32.2. The van der Waals surface area contributed by atoms with Crippen LogP contribution < -0.4 is 5.32 Å². The first-order valence-electron chi connectivity index (χ1n) is 10.3. The summed E-state index contributed by atoms with van der Waals surface area (Å²) in [5.41, 5.74) is 5.77. The fraction of sp³-hybridized carbons (Fsp3) is 0.208. The predicted molar refractivity (Wildman–Crippen MR) is 127 cm³/mol. The van der Waals surface area contributed by atoms with E-state index in [1.165, 1.54) is 11.8 Å². The van der Waals surface area contributed by atoms with E-state index in [-0.39, 0.29) is 5.91 Å². The highest BCUT2D eigenvalue weighted by Gasteiger charge is 2.21. The number of rotatable bonds is 6. The SMILES string of the molecule is Cc1nn(C)c(C)c1NC(=O)[C@H](C)Sc1nnc(-c2ccccc2)c(-c2ccccc2)n1. The monoisotopic (exact) mass is 444 g/mol. The summed E-state index contributed by atoms with van der Waals surface area (Å²) < 4.78 is 1.75. The number of hydrogen-bond acceptors (Lipinski definition) is 6. The second-order valence-electron chi connectivity index (χ2n) is 7.44. The summed E-state index contributed by atoms with van der Waals surface area (Å²) in [6.45, 7) is 5.63. The third-order valence-electron chi connectivity index (χ3n) is 5.17. The molecule has 0 aliphatic heterocycles. The summed E-state index contributed by atoms with van der Waals surface area (Å²) in [6, 6.07) is 19.7. The van der Waals surface area contributed by atoms with Crippen LogP contribution in [-0.4, -0.2) is 36.1 Å². The minimum Gasteiger partial charge on any atom is -0.322 e. The average molecular weight is 445 g/mol. The van der Waals surface area contributed by atoms with E-state index in [0.717, 1.165) is 33.9 Å². The summed E-state index contributed by atoms with van der Waals surface area (Å²) in [5.74, 6) is -0.133. The lowest BCUT2D eigenvalue weighted by atomic mass is 10.0. The molecule has 4 aromatic rings. The van der Waals surface area contributed by atoms with Crippen LogP contribution in [0, 0.1) is 13.8 Å². The largest absolute Gasteiger partial charge is 0.322 e. The molecule has 0 radical (unpaired) electrons. The van der Waals surface area contributed by atoms with Gasteiger partial charge in [-0.15, -0.1) is 10.2 Å². The Morgan fingerprint density at radius 1 is 0.938 bits per heavy atom. The molecule has 7 nitrogen and oxygen atoms in total. The molecule has 2 aromatic carbocycles. The lowest BCUT2D eigenvalue weighted by Gasteiger charge is -2.13. The first kappa shape index (κ1) is 21.7. The van der Waals surface area contributed by atoms with E-state index in [1.807, 2.05) is 88.5 Å². The third kappa shape index (κ3) is 4.55. The molecule has 0 aliphatic rings. The molecule has 162 valence electrons. The zero-order valence-electron chi connectivity index (χ0n) is 18.4. The molecular weight excluding hydrogens is 420 g/mol. The van der Waals surface area contributed by atoms with Crippen molar-refractivity contribution in [2.75, 3.05) is 5.32 Å². The van der Waals surface area contributed by atoms with Gasteiger partial charge in [0, 0.05) is 18.2 Å². The van der Waals surface area contributed by atoms with Crippen LogP contribution in [0.1, 0.15) is 18.3 Å². The van der Waals surface area contributed by atoms with Gasteiger partial charge in [0.25, 0.3) is 0 Å². The Morgan fingerprint density at radius 3 is 2.09 bits per heavy atom. The number of hydrogen-bond donors (Lipinski definition) is 1. The van der Waals surface area contributed by atoms with Gasteiger partial charge in [-0.1, -0.05) is 72.4 Å². The summed E-state index contributed by atoms with van der Waals surface area (Å²) in [6.07, 6.45) is 0. The zero-order valence-corrected chi connectivity index (χ0v) is 19.2. The molecule has 0 saturated heterocycles. The van der Waals surface area contributed by atoms with Crippen LogP contribution in [0.25, 0.3) is 22.5 Å². The van der Waals surface area contributed by atoms with Crippen molar-refractivity contribution in [1.29, 1.82) is 0 Å². The van der Waals surface area contributed by atoms with Crippen LogP contribution in [-0.2, 0) is 11.8 Å².